The number of methoxy groups -OCH3 is 1. The van der Waals surface area contributed by atoms with Gasteiger partial charge in [-0.15, -0.1) is 0 Å². The van der Waals surface area contributed by atoms with E-state index in [2.05, 4.69) is 21.2 Å². The summed E-state index contributed by atoms with van der Waals surface area (Å²) < 4.78 is 12.1. The number of nitro groups is 1. The summed E-state index contributed by atoms with van der Waals surface area (Å²) in [4.78, 5) is 22.7. The zero-order chi connectivity index (χ0) is 23.1. The SMILES string of the molecule is COc1cc(C=CC(=O)Nc2ccc([N+](=O)[O-])cc2C)cc(Br)c1OCc1ccccc1. The Bertz CT molecular complexity index is 1160. The number of ether oxygens (including phenoxy) is 2. The molecule has 0 fully saturated rings. The fourth-order valence-electron chi connectivity index (χ4n) is 2.95. The van der Waals surface area contributed by atoms with E-state index in [4.69, 9.17) is 9.47 Å². The molecular weight excluding hydrogens is 476 g/mol. The lowest BCUT2D eigenvalue weighted by Crippen LogP contribution is -2.09. The molecule has 0 bridgehead atoms. The number of hydrogen-bond donors (Lipinski definition) is 1. The minimum atomic E-state index is -0.475. The average molecular weight is 497 g/mol. The molecule has 3 aromatic carbocycles. The van der Waals surface area contributed by atoms with Crippen molar-refractivity contribution in [2.75, 3.05) is 12.4 Å². The highest BCUT2D eigenvalue weighted by Gasteiger charge is 2.12. The minimum Gasteiger partial charge on any atom is -0.493 e. The van der Waals surface area contributed by atoms with E-state index in [-0.39, 0.29) is 11.6 Å². The van der Waals surface area contributed by atoms with Crippen molar-refractivity contribution in [1.29, 1.82) is 0 Å². The van der Waals surface area contributed by atoms with Crippen molar-refractivity contribution in [2.24, 2.45) is 0 Å². The van der Waals surface area contributed by atoms with Gasteiger partial charge in [-0.25, -0.2) is 0 Å². The lowest BCUT2D eigenvalue weighted by Gasteiger charge is -2.13. The number of carbonyl (C=O) groups excluding carboxylic acids is 1. The number of aryl methyl sites for hydroxylation is 1. The summed E-state index contributed by atoms with van der Waals surface area (Å²) in [6.07, 6.45) is 3.02. The van der Waals surface area contributed by atoms with Crippen LogP contribution in [0.4, 0.5) is 11.4 Å². The molecule has 32 heavy (non-hydrogen) atoms. The van der Waals surface area contributed by atoms with Crippen LogP contribution in [0.15, 0.2) is 71.2 Å². The first-order chi connectivity index (χ1) is 15.4. The fourth-order valence-corrected chi connectivity index (χ4v) is 3.53. The van der Waals surface area contributed by atoms with Gasteiger partial charge in [0.05, 0.1) is 16.5 Å². The van der Waals surface area contributed by atoms with Crippen LogP contribution in [0.3, 0.4) is 0 Å². The number of halogens is 1. The molecule has 0 radical (unpaired) electrons. The van der Waals surface area contributed by atoms with Crippen molar-refractivity contribution in [3.8, 4) is 11.5 Å². The van der Waals surface area contributed by atoms with Gasteiger partial charge in [0, 0.05) is 23.9 Å². The number of nitrogens with zero attached hydrogens (tertiary/aromatic N) is 1. The van der Waals surface area contributed by atoms with Crippen LogP contribution in [0.1, 0.15) is 16.7 Å². The van der Waals surface area contributed by atoms with Crippen LogP contribution in [-0.4, -0.2) is 17.9 Å². The highest BCUT2D eigenvalue weighted by Crippen LogP contribution is 2.37. The van der Waals surface area contributed by atoms with Crippen LogP contribution in [0.5, 0.6) is 11.5 Å². The molecule has 164 valence electrons. The van der Waals surface area contributed by atoms with Gasteiger partial charge in [0.25, 0.3) is 5.69 Å². The summed E-state index contributed by atoms with van der Waals surface area (Å²) in [5, 5.41) is 13.6. The van der Waals surface area contributed by atoms with Crippen molar-refractivity contribution < 1.29 is 19.2 Å². The second-order valence-electron chi connectivity index (χ2n) is 6.89. The molecule has 0 saturated heterocycles. The van der Waals surface area contributed by atoms with E-state index in [1.54, 1.807) is 26.2 Å². The normalized spacial score (nSPS) is 10.7. The molecular formula is C24H21BrN2O5. The number of hydrogen-bond acceptors (Lipinski definition) is 5. The van der Waals surface area contributed by atoms with E-state index in [9.17, 15) is 14.9 Å². The molecule has 0 unspecified atom stereocenters. The summed E-state index contributed by atoms with van der Waals surface area (Å²) in [7, 11) is 1.55. The Morgan fingerprint density at radius 1 is 1.16 bits per heavy atom. The average Bonchev–Trinajstić information content (AvgIpc) is 2.78. The zero-order valence-corrected chi connectivity index (χ0v) is 19.1. The second-order valence-corrected chi connectivity index (χ2v) is 7.74. The van der Waals surface area contributed by atoms with Crippen molar-refractivity contribution in [1.82, 2.24) is 0 Å². The van der Waals surface area contributed by atoms with Crippen molar-refractivity contribution in [3.63, 3.8) is 0 Å². The van der Waals surface area contributed by atoms with Crippen LogP contribution >= 0.6 is 15.9 Å². The van der Waals surface area contributed by atoms with Gasteiger partial charge < -0.3 is 14.8 Å². The van der Waals surface area contributed by atoms with Crippen LogP contribution < -0.4 is 14.8 Å². The third-order valence-corrected chi connectivity index (χ3v) is 5.17. The monoisotopic (exact) mass is 496 g/mol. The Hall–Kier alpha value is -3.65. The fraction of sp³-hybridized carbons (Fsp3) is 0.125. The zero-order valence-electron chi connectivity index (χ0n) is 17.5. The molecule has 0 saturated carbocycles. The third kappa shape index (κ3) is 5.95. The molecule has 0 spiro atoms. The highest BCUT2D eigenvalue weighted by atomic mass is 79.9. The van der Waals surface area contributed by atoms with Crippen LogP contribution in [0, 0.1) is 17.0 Å². The van der Waals surface area contributed by atoms with Crippen molar-refractivity contribution in [3.05, 3.63) is 98.0 Å². The van der Waals surface area contributed by atoms with Gasteiger partial charge in [0.1, 0.15) is 6.61 Å². The number of non-ortho nitro benzene ring substituents is 1. The van der Waals surface area contributed by atoms with E-state index < -0.39 is 4.92 Å². The third-order valence-electron chi connectivity index (χ3n) is 4.58. The minimum absolute atomic E-state index is 0.0254. The molecule has 0 aliphatic heterocycles. The first-order valence-corrected chi connectivity index (χ1v) is 10.4. The molecule has 1 N–H and O–H groups in total. The number of nitro benzene ring substituents is 1. The standard InChI is InChI=1S/C24H21BrN2O5/c1-16-12-19(27(29)30)9-10-21(16)26-23(28)11-8-18-13-20(25)24(22(14-18)31-2)32-15-17-6-4-3-5-7-17/h3-14H,15H2,1-2H3,(H,26,28). The lowest BCUT2D eigenvalue weighted by atomic mass is 10.1. The van der Waals surface area contributed by atoms with Gasteiger partial charge in [-0.1, -0.05) is 30.3 Å². The smallest absolute Gasteiger partial charge is 0.269 e. The Morgan fingerprint density at radius 2 is 1.91 bits per heavy atom. The number of rotatable bonds is 8. The molecule has 0 aromatic heterocycles. The van der Waals surface area contributed by atoms with E-state index in [0.717, 1.165) is 11.1 Å². The number of carbonyl (C=O) groups is 1. The molecule has 0 aliphatic rings. The van der Waals surface area contributed by atoms with Crippen LogP contribution in [-0.2, 0) is 11.4 Å². The molecule has 3 rings (SSSR count). The van der Waals surface area contributed by atoms with E-state index in [1.165, 1.54) is 24.3 Å². The molecule has 8 heteroatoms. The molecule has 0 aliphatic carbocycles. The molecule has 3 aromatic rings. The van der Waals surface area contributed by atoms with E-state index >= 15 is 0 Å². The number of amides is 1. The Kier molecular flexibility index (Phi) is 7.62. The first-order valence-electron chi connectivity index (χ1n) is 9.65. The summed E-state index contributed by atoms with van der Waals surface area (Å²) in [5.41, 5.74) is 2.85. The highest BCUT2D eigenvalue weighted by molar-refractivity contribution is 9.10. The van der Waals surface area contributed by atoms with Gasteiger partial charge >= 0.3 is 0 Å². The molecule has 1 amide bonds. The molecule has 0 atom stereocenters. The summed E-state index contributed by atoms with van der Waals surface area (Å²) in [6, 6.07) is 17.7. The number of nitrogens with one attached hydrogen (secondary N) is 1. The lowest BCUT2D eigenvalue weighted by molar-refractivity contribution is -0.384. The maximum Gasteiger partial charge on any atom is 0.269 e. The maximum atomic E-state index is 12.3. The summed E-state index contributed by atoms with van der Waals surface area (Å²) >= 11 is 3.51. The second kappa shape index (κ2) is 10.6. The number of anilines is 1. The quantitative estimate of drug-likeness (QED) is 0.238. The Labute approximate surface area is 194 Å². The van der Waals surface area contributed by atoms with Crippen LogP contribution in [0.2, 0.25) is 0 Å². The first kappa shape index (κ1) is 23.0. The Morgan fingerprint density at radius 3 is 2.56 bits per heavy atom. The maximum absolute atomic E-state index is 12.3. The predicted octanol–water partition coefficient (Wildman–Crippen LogP) is 5.91. The van der Waals surface area contributed by atoms with Crippen molar-refractivity contribution >= 4 is 39.3 Å². The Balaban J connectivity index is 1.70. The van der Waals surface area contributed by atoms with Gasteiger partial charge in [0.2, 0.25) is 5.91 Å². The summed E-state index contributed by atoms with van der Waals surface area (Å²) in [6.45, 7) is 2.09. The topological polar surface area (TPSA) is 90.7 Å². The number of benzene rings is 3. The van der Waals surface area contributed by atoms with Gasteiger partial charge in [0.15, 0.2) is 11.5 Å². The van der Waals surface area contributed by atoms with E-state index in [1.807, 2.05) is 36.4 Å². The van der Waals surface area contributed by atoms with E-state index in [0.29, 0.717) is 33.8 Å². The molecule has 0 heterocycles. The predicted molar refractivity (Wildman–Crippen MR) is 127 cm³/mol. The van der Waals surface area contributed by atoms with Gasteiger partial charge in [-0.3, -0.25) is 14.9 Å². The van der Waals surface area contributed by atoms with Gasteiger partial charge in [-0.05, 0) is 63.8 Å². The largest absolute Gasteiger partial charge is 0.493 e. The van der Waals surface area contributed by atoms with Crippen molar-refractivity contribution in [2.45, 2.75) is 13.5 Å². The van der Waals surface area contributed by atoms with Crippen LogP contribution in [0.25, 0.3) is 6.08 Å². The summed E-state index contributed by atoms with van der Waals surface area (Å²) in [5.74, 6) is 0.738. The molecule has 7 nitrogen and oxygen atoms in total. The van der Waals surface area contributed by atoms with Gasteiger partial charge in [-0.2, -0.15) is 0 Å².